The summed E-state index contributed by atoms with van der Waals surface area (Å²) < 4.78 is 35.9. The molecule has 0 saturated carbocycles. The zero-order chi connectivity index (χ0) is 10.7. The average Bonchev–Trinajstić information content (AvgIpc) is 1.98. The van der Waals surface area contributed by atoms with E-state index in [1.807, 2.05) is 0 Å². The van der Waals surface area contributed by atoms with Gasteiger partial charge >= 0.3 is 6.18 Å². The largest absolute Gasteiger partial charge is 0.442 e. The topological polar surface area (TPSA) is 40.5 Å². The molecule has 0 saturated heterocycles. The van der Waals surface area contributed by atoms with Crippen LogP contribution >= 0.6 is 0 Å². The van der Waals surface area contributed by atoms with Crippen molar-refractivity contribution in [3.63, 3.8) is 0 Å². The van der Waals surface area contributed by atoms with E-state index in [0.29, 0.717) is 12.8 Å². The molecule has 0 unspecified atom stereocenters. The quantitative estimate of drug-likeness (QED) is 0.682. The van der Waals surface area contributed by atoms with Crippen molar-refractivity contribution in [3.8, 4) is 0 Å². The second-order valence-electron chi connectivity index (χ2n) is 3.20. The van der Waals surface area contributed by atoms with Crippen molar-refractivity contribution < 1.29 is 23.4 Å². The first-order valence-electron chi connectivity index (χ1n) is 4.26. The second-order valence-corrected chi connectivity index (χ2v) is 3.20. The molecule has 0 aliphatic heterocycles. The van der Waals surface area contributed by atoms with Crippen LogP contribution in [-0.2, 0) is 0 Å². The minimum atomic E-state index is -4.96. The first-order chi connectivity index (χ1) is 5.74. The Morgan fingerprint density at radius 1 is 1.08 bits per heavy atom. The van der Waals surface area contributed by atoms with Crippen LogP contribution in [-0.4, -0.2) is 22.2 Å². The van der Waals surface area contributed by atoms with Crippen LogP contribution < -0.4 is 0 Å². The van der Waals surface area contributed by atoms with Gasteiger partial charge in [0.25, 0.3) is 5.79 Å². The second kappa shape index (κ2) is 4.28. The maximum Gasteiger partial charge on any atom is 0.442 e. The van der Waals surface area contributed by atoms with E-state index < -0.39 is 18.4 Å². The summed E-state index contributed by atoms with van der Waals surface area (Å²) in [4.78, 5) is 0. The number of aliphatic hydroxyl groups is 2. The molecule has 0 atom stereocenters. The number of halogens is 3. The molecule has 0 heterocycles. The van der Waals surface area contributed by atoms with Gasteiger partial charge < -0.3 is 10.2 Å². The van der Waals surface area contributed by atoms with E-state index in [2.05, 4.69) is 0 Å². The van der Waals surface area contributed by atoms with Gasteiger partial charge in [-0.25, -0.2) is 0 Å². The molecule has 0 aromatic heterocycles. The number of rotatable bonds is 4. The Morgan fingerprint density at radius 3 is 1.69 bits per heavy atom. The summed E-state index contributed by atoms with van der Waals surface area (Å²) in [7, 11) is 0. The molecular formula is C8H15F3O2. The van der Waals surface area contributed by atoms with Crippen LogP contribution in [0.4, 0.5) is 13.2 Å². The summed E-state index contributed by atoms with van der Waals surface area (Å²) in [5, 5.41) is 17.4. The molecule has 0 aromatic carbocycles. The third-order valence-corrected chi connectivity index (χ3v) is 2.18. The molecule has 0 fully saturated rings. The Morgan fingerprint density at radius 2 is 1.46 bits per heavy atom. The van der Waals surface area contributed by atoms with Gasteiger partial charge in [-0.3, -0.25) is 0 Å². The molecular weight excluding hydrogens is 185 g/mol. The first-order valence-corrected chi connectivity index (χ1v) is 4.26. The third kappa shape index (κ3) is 3.52. The van der Waals surface area contributed by atoms with E-state index in [4.69, 9.17) is 10.2 Å². The third-order valence-electron chi connectivity index (χ3n) is 2.18. The van der Waals surface area contributed by atoms with Gasteiger partial charge in [0.05, 0.1) is 0 Å². The maximum atomic E-state index is 12.0. The monoisotopic (exact) mass is 200 g/mol. The van der Waals surface area contributed by atoms with E-state index in [1.54, 1.807) is 13.8 Å². The van der Waals surface area contributed by atoms with Crippen molar-refractivity contribution in [3.05, 3.63) is 0 Å². The van der Waals surface area contributed by atoms with E-state index >= 15 is 0 Å². The fourth-order valence-corrected chi connectivity index (χ4v) is 1.10. The summed E-state index contributed by atoms with van der Waals surface area (Å²) in [5.41, 5.74) is 0. The lowest BCUT2D eigenvalue weighted by molar-refractivity contribution is -0.354. The zero-order valence-electron chi connectivity index (χ0n) is 7.73. The molecule has 0 aliphatic carbocycles. The van der Waals surface area contributed by atoms with Crippen LogP contribution in [0.2, 0.25) is 0 Å². The Kier molecular flexibility index (Phi) is 4.19. The number of hydrogen-bond donors (Lipinski definition) is 2. The van der Waals surface area contributed by atoms with Crippen LogP contribution in [0.5, 0.6) is 0 Å². The van der Waals surface area contributed by atoms with E-state index in [1.165, 1.54) is 0 Å². The molecule has 0 aliphatic rings. The molecule has 0 amide bonds. The Balaban J connectivity index is 4.31. The van der Waals surface area contributed by atoms with Crippen molar-refractivity contribution in [1.29, 1.82) is 0 Å². The Labute approximate surface area is 75.4 Å². The van der Waals surface area contributed by atoms with E-state index in [0.717, 1.165) is 0 Å². The van der Waals surface area contributed by atoms with Gasteiger partial charge in [0.15, 0.2) is 0 Å². The van der Waals surface area contributed by atoms with Gasteiger partial charge in [-0.05, 0) is 5.92 Å². The molecule has 5 heteroatoms. The Hall–Kier alpha value is -0.290. The molecule has 0 radical (unpaired) electrons. The lowest BCUT2D eigenvalue weighted by Gasteiger charge is -2.27. The highest BCUT2D eigenvalue weighted by atomic mass is 19.4. The lowest BCUT2D eigenvalue weighted by Crippen LogP contribution is -2.46. The zero-order valence-corrected chi connectivity index (χ0v) is 7.73. The van der Waals surface area contributed by atoms with E-state index in [-0.39, 0.29) is 5.92 Å². The van der Waals surface area contributed by atoms with E-state index in [9.17, 15) is 13.2 Å². The number of hydrogen-bond acceptors (Lipinski definition) is 2. The highest BCUT2D eigenvalue weighted by Gasteiger charge is 2.53. The molecule has 2 nitrogen and oxygen atoms in total. The van der Waals surface area contributed by atoms with Crippen molar-refractivity contribution in [2.24, 2.45) is 5.92 Å². The molecule has 80 valence electrons. The highest BCUT2D eigenvalue weighted by Crippen LogP contribution is 2.34. The summed E-state index contributed by atoms with van der Waals surface area (Å²) in [6.45, 7) is 3.45. The molecule has 0 spiro atoms. The minimum absolute atomic E-state index is 0.309. The summed E-state index contributed by atoms with van der Waals surface area (Å²) in [6.07, 6.45) is -4.59. The van der Waals surface area contributed by atoms with Crippen LogP contribution in [0, 0.1) is 5.92 Å². The normalized spacial score (nSPS) is 13.8. The van der Waals surface area contributed by atoms with Crippen molar-refractivity contribution >= 4 is 0 Å². The van der Waals surface area contributed by atoms with Crippen LogP contribution in [0.15, 0.2) is 0 Å². The smallest absolute Gasteiger partial charge is 0.359 e. The molecule has 0 bridgehead atoms. The predicted octanol–water partition coefficient (Wildman–Crippen LogP) is 2.06. The summed E-state index contributed by atoms with van der Waals surface area (Å²) in [6, 6.07) is 0. The van der Waals surface area contributed by atoms with Gasteiger partial charge in [-0.15, -0.1) is 0 Å². The Bertz CT molecular complexity index is 150. The predicted molar refractivity (Wildman–Crippen MR) is 41.9 cm³/mol. The van der Waals surface area contributed by atoms with Crippen LogP contribution in [0.1, 0.15) is 33.1 Å². The summed E-state index contributed by atoms with van der Waals surface area (Å²) >= 11 is 0. The minimum Gasteiger partial charge on any atom is -0.359 e. The SMILES string of the molecule is CCC(CC)CC(O)(O)C(F)(F)F. The highest BCUT2D eigenvalue weighted by molar-refractivity contribution is 4.77. The average molecular weight is 200 g/mol. The van der Waals surface area contributed by atoms with Crippen molar-refractivity contribution in [1.82, 2.24) is 0 Å². The maximum absolute atomic E-state index is 12.0. The van der Waals surface area contributed by atoms with Gasteiger partial charge in [0.1, 0.15) is 0 Å². The standard InChI is InChI=1S/C8H15F3O2/c1-3-6(4-2)5-7(12,13)8(9,10)11/h6,12-13H,3-5H2,1-2H3. The molecule has 2 N–H and O–H groups in total. The van der Waals surface area contributed by atoms with Gasteiger partial charge in [0, 0.05) is 6.42 Å². The van der Waals surface area contributed by atoms with Gasteiger partial charge in [-0.1, -0.05) is 26.7 Å². The van der Waals surface area contributed by atoms with Crippen LogP contribution in [0.3, 0.4) is 0 Å². The molecule has 0 rings (SSSR count). The van der Waals surface area contributed by atoms with Crippen LogP contribution in [0.25, 0.3) is 0 Å². The van der Waals surface area contributed by atoms with Crippen molar-refractivity contribution in [2.45, 2.75) is 45.1 Å². The van der Waals surface area contributed by atoms with Gasteiger partial charge in [-0.2, -0.15) is 13.2 Å². The fraction of sp³-hybridized carbons (Fsp3) is 1.00. The number of alkyl halides is 3. The summed E-state index contributed by atoms with van der Waals surface area (Å²) in [5.74, 6) is -3.85. The molecule has 0 aromatic rings. The molecule has 13 heavy (non-hydrogen) atoms. The fourth-order valence-electron chi connectivity index (χ4n) is 1.10. The first kappa shape index (κ1) is 12.7. The van der Waals surface area contributed by atoms with Crippen molar-refractivity contribution in [2.75, 3.05) is 0 Å². The van der Waals surface area contributed by atoms with Gasteiger partial charge in [0.2, 0.25) is 0 Å². The lowest BCUT2D eigenvalue weighted by atomic mass is 9.94.